The molecule has 120 valence electrons. The molecule has 21 heavy (non-hydrogen) atoms. The van der Waals surface area contributed by atoms with E-state index < -0.39 is 18.6 Å². The van der Waals surface area contributed by atoms with Crippen LogP contribution < -0.4 is 14.8 Å². The molecule has 0 bridgehead atoms. The molecule has 1 aromatic carbocycles. The zero-order valence-electron chi connectivity index (χ0n) is 12.8. The number of hydrogen-bond donors (Lipinski definition) is 1. The summed E-state index contributed by atoms with van der Waals surface area (Å²) in [5, 5.41) is 3.01. The maximum atomic E-state index is 12.4. The molecule has 1 N–H and O–H groups in total. The Morgan fingerprint density at radius 2 is 1.76 bits per heavy atom. The Hall–Kier alpha value is -1.43. The highest BCUT2D eigenvalue weighted by Gasteiger charge is 2.30. The van der Waals surface area contributed by atoms with E-state index in [-0.39, 0.29) is 6.04 Å². The summed E-state index contributed by atoms with van der Waals surface area (Å²) in [5.74, 6) is 1.16. The van der Waals surface area contributed by atoms with Gasteiger partial charge in [0.1, 0.15) is 0 Å². The minimum absolute atomic E-state index is 0.165. The van der Waals surface area contributed by atoms with Crippen LogP contribution in [0.4, 0.5) is 13.2 Å². The number of nitrogens with one attached hydrogen (secondary N) is 1. The lowest BCUT2D eigenvalue weighted by Gasteiger charge is -2.24. The van der Waals surface area contributed by atoms with E-state index in [0.717, 1.165) is 5.56 Å². The number of methoxy groups -OCH3 is 2. The lowest BCUT2D eigenvalue weighted by atomic mass is 10.0. The van der Waals surface area contributed by atoms with Gasteiger partial charge < -0.3 is 14.8 Å². The Morgan fingerprint density at radius 1 is 1.14 bits per heavy atom. The topological polar surface area (TPSA) is 30.5 Å². The number of hydrogen-bond acceptors (Lipinski definition) is 3. The Balaban J connectivity index is 2.85. The molecular weight excluding hydrogens is 283 g/mol. The van der Waals surface area contributed by atoms with Gasteiger partial charge in [0.15, 0.2) is 11.5 Å². The van der Waals surface area contributed by atoms with Crippen LogP contribution in [0.3, 0.4) is 0 Å². The second-order valence-electron chi connectivity index (χ2n) is 4.96. The van der Waals surface area contributed by atoms with Crippen molar-refractivity contribution < 1.29 is 22.6 Å². The number of rotatable bonds is 7. The molecule has 0 aliphatic heterocycles. The summed E-state index contributed by atoms with van der Waals surface area (Å²) >= 11 is 0. The molecular formula is C15H22F3NO2. The fraction of sp³-hybridized carbons (Fsp3) is 0.600. The fourth-order valence-electron chi connectivity index (χ4n) is 2.27. The van der Waals surface area contributed by atoms with Crippen molar-refractivity contribution in [1.82, 2.24) is 5.32 Å². The molecule has 1 aromatic rings. The third-order valence-electron chi connectivity index (χ3n) is 3.24. The first-order valence-electron chi connectivity index (χ1n) is 6.85. The van der Waals surface area contributed by atoms with E-state index in [4.69, 9.17) is 9.47 Å². The van der Waals surface area contributed by atoms with E-state index in [1.54, 1.807) is 19.2 Å². The molecule has 6 heteroatoms. The van der Waals surface area contributed by atoms with E-state index in [2.05, 4.69) is 5.32 Å². The molecule has 0 aliphatic rings. The molecule has 0 saturated carbocycles. The van der Waals surface area contributed by atoms with Crippen LogP contribution in [0, 0.1) is 0 Å². The molecule has 2 atom stereocenters. The molecule has 0 spiro atoms. The summed E-state index contributed by atoms with van der Waals surface area (Å²) in [7, 11) is 3.07. The highest BCUT2D eigenvalue weighted by molar-refractivity contribution is 5.43. The van der Waals surface area contributed by atoms with Crippen LogP contribution in [-0.4, -0.2) is 26.4 Å². The van der Waals surface area contributed by atoms with Gasteiger partial charge in [0.25, 0.3) is 0 Å². The second-order valence-corrected chi connectivity index (χ2v) is 4.96. The fourth-order valence-corrected chi connectivity index (χ4v) is 2.27. The highest BCUT2D eigenvalue weighted by atomic mass is 19.4. The Morgan fingerprint density at radius 3 is 2.24 bits per heavy atom. The third kappa shape index (κ3) is 5.46. The quantitative estimate of drug-likeness (QED) is 0.823. The van der Waals surface area contributed by atoms with Crippen molar-refractivity contribution in [3.63, 3.8) is 0 Å². The summed E-state index contributed by atoms with van der Waals surface area (Å²) in [6.45, 7) is 3.46. The average molecular weight is 305 g/mol. The number of halogens is 3. The number of benzene rings is 1. The van der Waals surface area contributed by atoms with Gasteiger partial charge in [0, 0.05) is 12.1 Å². The third-order valence-corrected chi connectivity index (χ3v) is 3.24. The Bertz CT molecular complexity index is 449. The standard InChI is InChI=1S/C15H22F3NO2/c1-5-12(19-10(2)9-15(16,17)18)11-6-7-13(20-3)14(8-11)21-4/h6-8,10,12,19H,5,9H2,1-4H3. The van der Waals surface area contributed by atoms with Gasteiger partial charge in [-0.25, -0.2) is 0 Å². The lowest BCUT2D eigenvalue weighted by molar-refractivity contribution is -0.139. The lowest BCUT2D eigenvalue weighted by Crippen LogP contribution is -2.34. The van der Waals surface area contributed by atoms with Gasteiger partial charge in [-0.1, -0.05) is 13.0 Å². The van der Waals surface area contributed by atoms with Crippen molar-refractivity contribution in [3.8, 4) is 11.5 Å². The van der Waals surface area contributed by atoms with E-state index in [9.17, 15) is 13.2 Å². The van der Waals surface area contributed by atoms with Crippen LogP contribution in [0.2, 0.25) is 0 Å². The molecule has 0 heterocycles. The second kappa shape index (κ2) is 7.54. The molecule has 0 aliphatic carbocycles. The maximum absolute atomic E-state index is 12.4. The summed E-state index contributed by atoms with van der Waals surface area (Å²) < 4.78 is 47.6. The van der Waals surface area contributed by atoms with E-state index in [1.165, 1.54) is 14.0 Å². The zero-order chi connectivity index (χ0) is 16.0. The van der Waals surface area contributed by atoms with Gasteiger partial charge >= 0.3 is 6.18 Å². The van der Waals surface area contributed by atoms with E-state index in [0.29, 0.717) is 17.9 Å². The molecule has 2 unspecified atom stereocenters. The molecule has 0 amide bonds. The van der Waals surface area contributed by atoms with Gasteiger partial charge in [-0.2, -0.15) is 13.2 Å². The van der Waals surface area contributed by atoms with Crippen molar-refractivity contribution in [3.05, 3.63) is 23.8 Å². The van der Waals surface area contributed by atoms with Crippen LogP contribution in [0.5, 0.6) is 11.5 Å². The number of alkyl halides is 3. The van der Waals surface area contributed by atoms with Crippen molar-refractivity contribution >= 4 is 0 Å². The predicted molar refractivity (Wildman–Crippen MR) is 75.8 cm³/mol. The largest absolute Gasteiger partial charge is 0.493 e. The first kappa shape index (κ1) is 17.6. The van der Waals surface area contributed by atoms with Crippen molar-refractivity contribution in [2.75, 3.05) is 14.2 Å². The molecule has 0 saturated heterocycles. The van der Waals surface area contributed by atoms with Crippen molar-refractivity contribution in [2.24, 2.45) is 0 Å². The van der Waals surface area contributed by atoms with Crippen LogP contribution >= 0.6 is 0 Å². The molecule has 0 fully saturated rings. The van der Waals surface area contributed by atoms with Crippen molar-refractivity contribution in [2.45, 2.75) is 44.9 Å². The van der Waals surface area contributed by atoms with Gasteiger partial charge in [0.2, 0.25) is 0 Å². The minimum Gasteiger partial charge on any atom is -0.493 e. The summed E-state index contributed by atoms with van der Waals surface area (Å²) in [6.07, 6.45) is -4.34. The predicted octanol–water partition coefficient (Wildman–Crippen LogP) is 4.09. The molecule has 0 radical (unpaired) electrons. The van der Waals surface area contributed by atoms with Gasteiger partial charge in [-0.15, -0.1) is 0 Å². The van der Waals surface area contributed by atoms with Crippen LogP contribution in [0.25, 0.3) is 0 Å². The minimum atomic E-state index is -4.16. The first-order valence-corrected chi connectivity index (χ1v) is 6.85. The summed E-state index contributed by atoms with van der Waals surface area (Å²) in [6, 6.07) is 4.57. The SMILES string of the molecule is CCC(NC(C)CC(F)(F)F)c1ccc(OC)c(OC)c1. The molecule has 3 nitrogen and oxygen atoms in total. The Labute approximate surface area is 123 Å². The van der Waals surface area contributed by atoms with Crippen LogP contribution in [0.1, 0.15) is 38.3 Å². The average Bonchev–Trinajstić information content (AvgIpc) is 2.42. The highest BCUT2D eigenvalue weighted by Crippen LogP contribution is 2.31. The first-order chi connectivity index (χ1) is 9.80. The Kier molecular flexibility index (Phi) is 6.33. The number of ether oxygens (including phenoxy) is 2. The van der Waals surface area contributed by atoms with E-state index >= 15 is 0 Å². The van der Waals surface area contributed by atoms with Gasteiger partial charge in [-0.3, -0.25) is 0 Å². The van der Waals surface area contributed by atoms with Gasteiger partial charge in [0.05, 0.1) is 20.6 Å². The van der Waals surface area contributed by atoms with Crippen molar-refractivity contribution in [1.29, 1.82) is 0 Å². The van der Waals surface area contributed by atoms with Crippen LogP contribution in [0.15, 0.2) is 18.2 Å². The zero-order valence-corrected chi connectivity index (χ0v) is 12.8. The maximum Gasteiger partial charge on any atom is 0.390 e. The van der Waals surface area contributed by atoms with Crippen LogP contribution in [-0.2, 0) is 0 Å². The normalized spacial score (nSPS) is 14.6. The smallest absolute Gasteiger partial charge is 0.390 e. The van der Waals surface area contributed by atoms with Gasteiger partial charge in [-0.05, 0) is 31.0 Å². The summed E-state index contributed by atoms with van der Waals surface area (Å²) in [5.41, 5.74) is 0.879. The molecule has 0 aromatic heterocycles. The monoisotopic (exact) mass is 305 g/mol. The van der Waals surface area contributed by atoms with E-state index in [1.807, 2.05) is 13.0 Å². The summed E-state index contributed by atoms with van der Waals surface area (Å²) in [4.78, 5) is 0. The molecule has 1 rings (SSSR count).